The third-order valence-corrected chi connectivity index (χ3v) is 2.48. The summed E-state index contributed by atoms with van der Waals surface area (Å²) in [5.41, 5.74) is 0. The molecule has 1 fully saturated rings. The lowest BCUT2D eigenvalue weighted by atomic mass is 10.2. The summed E-state index contributed by atoms with van der Waals surface area (Å²) in [5, 5.41) is 3.37. The molecule has 1 atom stereocenters. The summed E-state index contributed by atoms with van der Waals surface area (Å²) in [6.45, 7) is 6.68. The van der Waals surface area contributed by atoms with Crippen molar-refractivity contribution in [1.82, 2.24) is 5.32 Å². The van der Waals surface area contributed by atoms with E-state index in [1.807, 2.05) is 6.07 Å². The highest BCUT2D eigenvalue weighted by molar-refractivity contribution is 5.13. The van der Waals surface area contributed by atoms with E-state index in [9.17, 15) is 0 Å². The number of hydrogen-bond acceptors (Lipinski definition) is 3. The maximum absolute atomic E-state index is 5.74. The van der Waals surface area contributed by atoms with Crippen LogP contribution in [0.1, 0.15) is 37.3 Å². The molecule has 1 aliphatic heterocycles. The van der Waals surface area contributed by atoms with E-state index in [4.69, 9.17) is 9.15 Å². The Kier molecular flexibility index (Phi) is 2.89. The fourth-order valence-corrected chi connectivity index (χ4v) is 1.61. The van der Waals surface area contributed by atoms with Crippen LogP contribution >= 0.6 is 0 Å². The van der Waals surface area contributed by atoms with Crippen LogP contribution < -0.4 is 5.32 Å². The Labute approximate surface area is 84.4 Å². The van der Waals surface area contributed by atoms with Crippen molar-refractivity contribution in [2.75, 3.05) is 19.8 Å². The van der Waals surface area contributed by atoms with Crippen molar-refractivity contribution in [3.05, 3.63) is 23.7 Å². The normalized spacial score (nSPS) is 22.9. The summed E-state index contributed by atoms with van der Waals surface area (Å²) >= 11 is 0. The van der Waals surface area contributed by atoms with Gasteiger partial charge in [-0.15, -0.1) is 0 Å². The molecule has 0 aromatic carbocycles. The standard InChI is InChI=1S/C11H17NO2/c1-8(2)10-3-4-11(14-10)9-7-13-6-5-12-9/h3-4,8-9,12H,5-7H2,1-2H3. The molecule has 1 aliphatic rings. The van der Waals surface area contributed by atoms with Gasteiger partial charge in [0.15, 0.2) is 0 Å². The van der Waals surface area contributed by atoms with Crippen molar-refractivity contribution in [3.8, 4) is 0 Å². The Balaban J connectivity index is 2.07. The van der Waals surface area contributed by atoms with E-state index in [1.165, 1.54) is 0 Å². The summed E-state index contributed by atoms with van der Waals surface area (Å²) in [6.07, 6.45) is 0. The second-order valence-corrected chi connectivity index (χ2v) is 3.98. The molecule has 3 heteroatoms. The van der Waals surface area contributed by atoms with Crippen LogP contribution in [0.5, 0.6) is 0 Å². The third-order valence-electron chi connectivity index (χ3n) is 2.48. The quantitative estimate of drug-likeness (QED) is 0.784. The van der Waals surface area contributed by atoms with Crippen LogP contribution in [0.4, 0.5) is 0 Å². The maximum Gasteiger partial charge on any atom is 0.123 e. The molecule has 0 spiro atoms. The van der Waals surface area contributed by atoms with Gasteiger partial charge in [-0.05, 0) is 12.1 Å². The molecule has 1 unspecified atom stereocenters. The van der Waals surface area contributed by atoms with Gasteiger partial charge < -0.3 is 14.5 Å². The zero-order chi connectivity index (χ0) is 9.97. The van der Waals surface area contributed by atoms with Crippen molar-refractivity contribution in [2.24, 2.45) is 0 Å². The van der Waals surface area contributed by atoms with Crippen molar-refractivity contribution in [3.63, 3.8) is 0 Å². The molecule has 2 rings (SSSR count). The maximum atomic E-state index is 5.74. The number of hydrogen-bond donors (Lipinski definition) is 1. The summed E-state index contributed by atoms with van der Waals surface area (Å²) in [7, 11) is 0. The van der Waals surface area contributed by atoms with E-state index in [0.717, 1.165) is 24.7 Å². The molecule has 78 valence electrons. The minimum absolute atomic E-state index is 0.233. The van der Waals surface area contributed by atoms with Crippen molar-refractivity contribution in [1.29, 1.82) is 0 Å². The van der Waals surface area contributed by atoms with Crippen LogP contribution in [-0.2, 0) is 4.74 Å². The molecule has 1 aromatic heterocycles. The highest BCUT2D eigenvalue weighted by atomic mass is 16.5. The predicted octanol–water partition coefficient (Wildman–Crippen LogP) is 2.06. The van der Waals surface area contributed by atoms with Crippen molar-refractivity contribution >= 4 is 0 Å². The lowest BCUT2D eigenvalue weighted by Gasteiger charge is -2.21. The molecule has 0 amide bonds. The largest absolute Gasteiger partial charge is 0.464 e. The van der Waals surface area contributed by atoms with E-state index in [-0.39, 0.29) is 6.04 Å². The molecule has 0 saturated carbocycles. The van der Waals surface area contributed by atoms with Gasteiger partial charge in [-0.25, -0.2) is 0 Å². The summed E-state index contributed by atoms with van der Waals surface area (Å²) < 4.78 is 11.1. The van der Waals surface area contributed by atoms with E-state index in [0.29, 0.717) is 12.5 Å². The van der Waals surface area contributed by atoms with E-state index in [2.05, 4.69) is 25.2 Å². The predicted molar refractivity (Wildman–Crippen MR) is 54.4 cm³/mol. The SMILES string of the molecule is CC(C)c1ccc(C2COCCN2)o1. The fraction of sp³-hybridized carbons (Fsp3) is 0.636. The van der Waals surface area contributed by atoms with Crippen LogP contribution in [-0.4, -0.2) is 19.8 Å². The second kappa shape index (κ2) is 4.15. The van der Waals surface area contributed by atoms with Gasteiger partial charge in [-0.1, -0.05) is 13.8 Å². The molecular weight excluding hydrogens is 178 g/mol. The Bertz CT molecular complexity index is 287. The lowest BCUT2D eigenvalue weighted by molar-refractivity contribution is 0.0694. The van der Waals surface area contributed by atoms with Gasteiger partial charge in [0.25, 0.3) is 0 Å². The van der Waals surface area contributed by atoms with Crippen molar-refractivity contribution < 1.29 is 9.15 Å². The Morgan fingerprint density at radius 1 is 1.43 bits per heavy atom. The lowest BCUT2D eigenvalue weighted by Crippen LogP contribution is -2.34. The zero-order valence-corrected chi connectivity index (χ0v) is 8.75. The highest BCUT2D eigenvalue weighted by Crippen LogP contribution is 2.23. The second-order valence-electron chi connectivity index (χ2n) is 3.98. The smallest absolute Gasteiger partial charge is 0.123 e. The molecule has 1 N–H and O–H groups in total. The molecule has 1 saturated heterocycles. The molecule has 2 heterocycles. The number of ether oxygens (including phenoxy) is 1. The van der Waals surface area contributed by atoms with Crippen LogP contribution in [0.15, 0.2) is 16.5 Å². The molecular formula is C11H17NO2. The van der Waals surface area contributed by atoms with Gasteiger partial charge in [-0.3, -0.25) is 0 Å². The van der Waals surface area contributed by atoms with E-state index < -0.39 is 0 Å². The first-order valence-electron chi connectivity index (χ1n) is 5.18. The molecule has 0 bridgehead atoms. The van der Waals surface area contributed by atoms with Crippen LogP contribution in [0.25, 0.3) is 0 Å². The third kappa shape index (κ3) is 1.99. The summed E-state index contributed by atoms with van der Waals surface area (Å²) in [6, 6.07) is 4.33. The minimum atomic E-state index is 0.233. The van der Waals surface area contributed by atoms with Gasteiger partial charge in [0.05, 0.1) is 19.3 Å². The van der Waals surface area contributed by atoms with E-state index >= 15 is 0 Å². The van der Waals surface area contributed by atoms with Gasteiger partial charge in [0.2, 0.25) is 0 Å². The molecule has 14 heavy (non-hydrogen) atoms. The van der Waals surface area contributed by atoms with E-state index in [1.54, 1.807) is 0 Å². The first kappa shape index (κ1) is 9.74. The van der Waals surface area contributed by atoms with Crippen LogP contribution in [0.2, 0.25) is 0 Å². The first-order chi connectivity index (χ1) is 6.77. The summed E-state index contributed by atoms with van der Waals surface area (Å²) in [5.74, 6) is 2.49. The number of nitrogens with one attached hydrogen (secondary N) is 1. The minimum Gasteiger partial charge on any atom is -0.464 e. The number of furan rings is 1. The Morgan fingerprint density at radius 3 is 2.86 bits per heavy atom. The fourth-order valence-electron chi connectivity index (χ4n) is 1.61. The average molecular weight is 195 g/mol. The summed E-state index contributed by atoms with van der Waals surface area (Å²) in [4.78, 5) is 0. The van der Waals surface area contributed by atoms with Gasteiger partial charge >= 0.3 is 0 Å². The molecule has 3 nitrogen and oxygen atoms in total. The molecule has 0 radical (unpaired) electrons. The topological polar surface area (TPSA) is 34.4 Å². The molecule has 0 aliphatic carbocycles. The number of morpholine rings is 1. The Hall–Kier alpha value is -0.800. The zero-order valence-electron chi connectivity index (χ0n) is 8.75. The molecule has 1 aromatic rings. The highest BCUT2D eigenvalue weighted by Gasteiger charge is 2.18. The van der Waals surface area contributed by atoms with Gasteiger partial charge in [0.1, 0.15) is 11.5 Å². The Morgan fingerprint density at radius 2 is 2.29 bits per heavy atom. The van der Waals surface area contributed by atoms with Crippen LogP contribution in [0, 0.1) is 0 Å². The first-order valence-corrected chi connectivity index (χ1v) is 5.18. The van der Waals surface area contributed by atoms with Gasteiger partial charge in [-0.2, -0.15) is 0 Å². The average Bonchev–Trinajstić information content (AvgIpc) is 2.68. The number of rotatable bonds is 2. The monoisotopic (exact) mass is 195 g/mol. The van der Waals surface area contributed by atoms with Gasteiger partial charge in [0, 0.05) is 12.5 Å². The van der Waals surface area contributed by atoms with Crippen molar-refractivity contribution in [2.45, 2.75) is 25.8 Å². The van der Waals surface area contributed by atoms with Crippen LogP contribution in [0.3, 0.4) is 0 Å².